The molecule has 116 valence electrons. The maximum Gasteiger partial charge on any atom is 0.177 e. The van der Waals surface area contributed by atoms with E-state index in [1.54, 1.807) is 10.7 Å². The van der Waals surface area contributed by atoms with E-state index < -0.39 is 8.07 Å². The first-order chi connectivity index (χ1) is 9.83. The molecule has 1 aromatic carbocycles. The lowest BCUT2D eigenvalue weighted by Crippen LogP contribution is -2.22. The Morgan fingerprint density at radius 2 is 2.05 bits per heavy atom. The average molecular weight is 422 g/mol. The summed E-state index contributed by atoms with van der Waals surface area (Å²) in [6.45, 7) is 7.99. The van der Waals surface area contributed by atoms with Crippen molar-refractivity contribution in [3.8, 4) is 5.75 Å². The number of hydrogen-bond donors (Lipinski definition) is 0. The van der Waals surface area contributed by atoms with Gasteiger partial charge in [0, 0.05) is 14.7 Å². The number of nitrogens with zero attached hydrogens (tertiary/aromatic N) is 2. The summed E-state index contributed by atoms with van der Waals surface area (Å²) in [6.07, 6.45) is 0. The molecule has 0 bridgehead atoms. The number of halogens is 2. The van der Waals surface area contributed by atoms with Crippen LogP contribution in [0.2, 0.25) is 25.7 Å². The molecule has 0 saturated heterocycles. The van der Waals surface area contributed by atoms with Crippen molar-refractivity contribution >= 4 is 41.6 Å². The number of benzene rings is 1. The number of hydrogen-bond acceptors (Lipinski definition) is 3. The molecule has 1 heterocycles. The van der Waals surface area contributed by atoms with Crippen molar-refractivity contribution in [3.05, 3.63) is 21.7 Å². The van der Waals surface area contributed by atoms with Crippen LogP contribution in [-0.4, -0.2) is 31.6 Å². The Morgan fingerprint density at radius 1 is 1.33 bits per heavy atom. The van der Waals surface area contributed by atoms with Crippen LogP contribution in [0.1, 0.15) is 0 Å². The molecule has 0 fully saturated rings. The topological polar surface area (TPSA) is 36.3 Å². The molecule has 0 unspecified atom stereocenters. The zero-order valence-electron chi connectivity index (χ0n) is 12.7. The van der Waals surface area contributed by atoms with E-state index in [1.807, 2.05) is 28.7 Å². The van der Waals surface area contributed by atoms with Crippen molar-refractivity contribution in [1.29, 1.82) is 0 Å². The third kappa shape index (κ3) is 3.95. The van der Waals surface area contributed by atoms with E-state index in [-0.39, 0.29) is 11.6 Å². The molecule has 2 rings (SSSR count). The number of aromatic nitrogens is 2. The Morgan fingerprint density at radius 3 is 2.67 bits per heavy atom. The highest BCUT2D eigenvalue weighted by atomic mass is 127. The molecular weight excluding hydrogens is 402 g/mol. The summed E-state index contributed by atoms with van der Waals surface area (Å²) in [6, 6.07) is 4.54. The predicted molar refractivity (Wildman–Crippen MR) is 93.1 cm³/mol. The highest BCUT2D eigenvalue weighted by Gasteiger charge is 2.17. The largest absolute Gasteiger partial charge is 0.494 e. The maximum atomic E-state index is 14.3. The highest BCUT2D eigenvalue weighted by molar-refractivity contribution is 14.1. The van der Waals surface area contributed by atoms with Crippen LogP contribution in [0.25, 0.3) is 10.9 Å². The van der Waals surface area contributed by atoms with E-state index in [2.05, 4.69) is 24.7 Å². The average Bonchev–Trinajstić information content (AvgIpc) is 2.72. The molecule has 21 heavy (non-hydrogen) atoms. The van der Waals surface area contributed by atoms with E-state index >= 15 is 0 Å². The van der Waals surface area contributed by atoms with Crippen LogP contribution in [0.5, 0.6) is 5.75 Å². The van der Waals surface area contributed by atoms with Gasteiger partial charge in [0.25, 0.3) is 0 Å². The molecule has 0 amide bonds. The summed E-state index contributed by atoms with van der Waals surface area (Å²) >= 11 is 2.04. The van der Waals surface area contributed by atoms with E-state index in [1.165, 1.54) is 7.11 Å². The van der Waals surface area contributed by atoms with Crippen LogP contribution in [0.3, 0.4) is 0 Å². The summed E-state index contributed by atoms with van der Waals surface area (Å²) in [5, 5.41) is 4.84. The second kappa shape index (κ2) is 6.61. The summed E-state index contributed by atoms with van der Waals surface area (Å²) in [5.74, 6) is -0.132. The van der Waals surface area contributed by atoms with Gasteiger partial charge in [0.1, 0.15) is 10.4 Å². The Kier molecular flexibility index (Phi) is 5.26. The molecule has 0 spiro atoms. The molecule has 4 nitrogen and oxygen atoms in total. The standard InChI is InChI=1S/C14H20FIN2O2Si/c1-19-11-6-5-10-12(13(11)15)14(16)17-18(10)9-20-7-8-21(2,3)4/h5-6H,7-9H2,1-4H3. The van der Waals surface area contributed by atoms with Gasteiger partial charge in [0.15, 0.2) is 11.6 Å². The van der Waals surface area contributed by atoms with Gasteiger partial charge in [0.2, 0.25) is 0 Å². The molecule has 7 heteroatoms. The molecule has 0 saturated carbocycles. The molecule has 0 N–H and O–H groups in total. The second-order valence-electron chi connectivity index (χ2n) is 6.11. The molecule has 2 aromatic rings. The number of ether oxygens (including phenoxy) is 2. The number of fused-ring (bicyclic) bond motifs is 1. The van der Waals surface area contributed by atoms with Gasteiger partial charge in [-0.15, -0.1) is 0 Å². The van der Waals surface area contributed by atoms with Gasteiger partial charge in [0.05, 0.1) is 18.0 Å². The zero-order chi connectivity index (χ0) is 15.6. The van der Waals surface area contributed by atoms with Crippen LogP contribution in [0.15, 0.2) is 12.1 Å². The lowest BCUT2D eigenvalue weighted by molar-refractivity contribution is 0.0814. The van der Waals surface area contributed by atoms with Crippen LogP contribution >= 0.6 is 22.6 Å². The van der Waals surface area contributed by atoms with Gasteiger partial charge in [-0.05, 0) is 40.8 Å². The summed E-state index contributed by atoms with van der Waals surface area (Å²) in [5.41, 5.74) is 0.728. The summed E-state index contributed by atoms with van der Waals surface area (Å²) < 4.78 is 27.3. The van der Waals surface area contributed by atoms with E-state index in [0.29, 0.717) is 22.4 Å². The Bertz CT molecular complexity index is 640. The highest BCUT2D eigenvalue weighted by Crippen LogP contribution is 2.29. The minimum absolute atomic E-state index is 0.236. The van der Waals surface area contributed by atoms with Gasteiger partial charge >= 0.3 is 0 Å². The van der Waals surface area contributed by atoms with E-state index in [4.69, 9.17) is 9.47 Å². The number of methoxy groups -OCH3 is 1. The molecule has 0 aliphatic carbocycles. The van der Waals surface area contributed by atoms with Crippen LogP contribution in [0, 0.1) is 9.52 Å². The zero-order valence-corrected chi connectivity index (χ0v) is 15.9. The summed E-state index contributed by atoms with van der Waals surface area (Å²) in [7, 11) is 0.361. The smallest absolute Gasteiger partial charge is 0.177 e. The third-order valence-electron chi connectivity index (χ3n) is 3.21. The lowest BCUT2D eigenvalue weighted by Gasteiger charge is -2.15. The predicted octanol–water partition coefficient (Wildman–Crippen LogP) is 4.10. The fraction of sp³-hybridized carbons (Fsp3) is 0.500. The third-order valence-corrected chi connectivity index (χ3v) is 5.67. The SMILES string of the molecule is COc1ccc2c(c(I)nn2COCC[Si](C)(C)C)c1F. The Balaban J connectivity index is 2.17. The van der Waals surface area contributed by atoms with Crippen molar-refractivity contribution in [2.45, 2.75) is 32.4 Å². The van der Waals surface area contributed by atoms with Crippen LogP contribution in [-0.2, 0) is 11.5 Å². The van der Waals surface area contributed by atoms with Crippen LogP contribution < -0.4 is 4.74 Å². The van der Waals surface area contributed by atoms with Crippen LogP contribution in [0.4, 0.5) is 4.39 Å². The molecule has 0 aliphatic rings. The van der Waals surface area contributed by atoms with Gasteiger partial charge in [-0.3, -0.25) is 0 Å². The monoisotopic (exact) mass is 422 g/mol. The Hall–Kier alpha value is -0.673. The first-order valence-corrected chi connectivity index (χ1v) is 11.6. The first-order valence-electron chi connectivity index (χ1n) is 6.80. The number of rotatable bonds is 6. The van der Waals surface area contributed by atoms with Crippen molar-refractivity contribution < 1.29 is 13.9 Å². The first kappa shape index (κ1) is 16.7. The summed E-state index contributed by atoms with van der Waals surface area (Å²) in [4.78, 5) is 0. The van der Waals surface area contributed by atoms with Crippen molar-refractivity contribution in [3.63, 3.8) is 0 Å². The van der Waals surface area contributed by atoms with Gasteiger partial charge in [-0.25, -0.2) is 9.07 Å². The normalized spacial score (nSPS) is 12.1. The quantitative estimate of drug-likeness (QED) is 0.400. The van der Waals surface area contributed by atoms with Crippen molar-refractivity contribution in [2.75, 3.05) is 13.7 Å². The fourth-order valence-corrected chi connectivity index (χ4v) is 3.48. The minimum Gasteiger partial charge on any atom is -0.494 e. The van der Waals surface area contributed by atoms with Crippen molar-refractivity contribution in [2.24, 2.45) is 0 Å². The molecule has 1 aromatic heterocycles. The molecular formula is C14H20FIN2O2Si. The van der Waals surface area contributed by atoms with E-state index in [9.17, 15) is 4.39 Å². The lowest BCUT2D eigenvalue weighted by atomic mass is 10.2. The van der Waals surface area contributed by atoms with Crippen molar-refractivity contribution in [1.82, 2.24) is 9.78 Å². The van der Waals surface area contributed by atoms with E-state index in [0.717, 1.165) is 11.6 Å². The maximum absolute atomic E-state index is 14.3. The fourth-order valence-electron chi connectivity index (χ4n) is 1.95. The minimum atomic E-state index is -1.10. The molecule has 0 atom stereocenters. The Labute approximate surface area is 138 Å². The molecule has 0 radical (unpaired) electrons. The van der Waals surface area contributed by atoms with Gasteiger partial charge in [-0.1, -0.05) is 19.6 Å². The molecule has 0 aliphatic heterocycles. The van der Waals surface area contributed by atoms with Gasteiger partial charge < -0.3 is 9.47 Å². The van der Waals surface area contributed by atoms with Gasteiger partial charge in [-0.2, -0.15) is 5.10 Å². The second-order valence-corrected chi connectivity index (χ2v) is 12.8.